The fourth-order valence-corrected chi connectivity index (χ4v) is 2.61. The predicted octanol–water partition coefficient (Wildman–Crippen LogP) is 3.90. The number of carbonyl (C=O) groups is 1. The Balaban J connectivity index is 2.15. The molecule has 0 radical (unpaired) electrons. The molecule has 0 spiro atoms. The Morgan fingerprint density at radius 1 is 1.04 bits per heavy atom. The number of hydrogen-bond acceptors (Lipinski definition) is 2. The molecule has 0 fully saturated rings. The molecule has 24 heavy (non-hydrogen) atoms. The van der Waals surface area contributed by atoms with Crippen molar-refractivity contribution in [3.63, 3.8) is 0 Å². The molecule has 0 aliphatic rings. The summed E-state index contributed by atoms with van der Waals surface area (Å²) in [5.41, 5.74) is 3.07. The van der Waals surface area contributed by atoms with Gasteiger partial charge >= 0.3 is 6.03 Å². The van der Waals surface area contributed by atoms with E-state index in [-0.39, 0.29) is 12.1 Å². The van der Waals surface area contributed by atoms with E-state index >= 15 is 0 Å². The summed E-state index contributed by atoms with van der Waals surface area (Å²) < 4.78 is 0. The van der Waals surface area contributed by atoms with Gasteiger partial charge in [0.1, 0.15) is 0 Å². The van der Waals surface area contributed by atoms with Gasteiger partial charge in [-0.2, -0.15) is 0 Å². The number of nitrogens with zero attached hydrogens (tertiary/aromatic N) is 1. The largest absolute Gasteiger partial charge is 0.392 e. The lowest BCUT2D eigenvalue weighted by molar-refractivity contribution is 0.125. The monoisotopic (exact) mass is 326 g/mol. The normalized spacial score (nSPS) is 12.0. The minimum Gasteiger partial charge on any atom is -0.392 e. The molecule has 2 rings (SSSR count). The van der Waals surface area contributed by atoms with Gasteiger partial charge in [-0.1, -0.05) is 48.5 Å². The van der Waals surface area contributed by atoms with Crippen molar-refractivity contribution >= 4 is 11.7 Å². The van der Waals surface area contributed by atoms with Crippen LogP contribution in [0, 0.1) is 0 Å². The first-order chi connectivity index (χ1) is 11.5. The van der Waals surface area contributed by atoms with E-state index in [4.69, 9.17) is 0 Å². The van der Waals surface area contributed by atoms with Gasteiger partial charge in [0.05, 0.1) is 6.10 Å². The molecular formula is C20H26N2O2. The molecule has 2 aromatic rings. The molecule has 0 aromatic heterocycles. The third-order valence-electron chi connectivity index (χ3n) is 3.84. The van der Waals surface area contributed by atoms with Gasteiger partial charge < -0.3 is 15.3 Å². The lowest BCUT2D eigenvalue weighted by Crippen LogP contribution is -2.43. The lowest BCUT2D eigenvalue weighted by atomic mass is 10.0. The van der Waals surface area contributed by atoms with Crippen molar-refractivity contribution in [3.05, 3.63) is 65.7 Å². The Morgan fingerprint density at radius 2 is 1.67 bits per heavy atom. The van der Waals surface area contributed by atoms with Gasteiger partial charge in [0, 0.05) is 18.3 Å². The molecule has 0 heterocycles. The first-order valence-electron chi connectivity index (χ1n) is 8.35. The van der Waals surface area contributed by atoms with Gasteiger partial charge in [-0.15, -0.1) is 0 Å². The van der Waals surface area contributed by atoms with Crippen LogP contribution in [-0.4, -0.2) is 34.7 Å². The summed E-state index contributed by atoms with van der Waals surface area (Å²) in [6.07, 6.45) is 0.202. The number of aliphatic hydroxyl groups excluding tert-OH is 1. The average Bonchev–Trinajstić information content (AvgIpc) is 2.55. The fraction of sp³-hybridized carbons (Fsp3) is 0.350. The quantitative estimate of drug-likeness (QED) is 0.846. The number of hydrogen-bond donors (Lipinski definition) is 2. The van der Waals surface area contributed by atoms with Crippen molar-refractivity contribution in [1.82, 2.24) is 4.90 Å². The molecule has 0 aliphatic heterocycles. The van der Waals surface area contributed by atoms with E-state index in [1.54, 1.807) is 11.8 Å². The van der Waals surface area contributed by atoms with Crippen molar-refractivity contribution in [1.29, 1.82) is 0 Å². The number of aliphatic hydroxyl groups is 1. The maximum atomic E-state index is 12.6. The number of amides is 2. The number of para-hydroxylation sites is 1. The maximum Gasteiger partial charge on any atom is 0.322 e. The van der Waals surface area contributed by atoms with Gasteiger partial charge in [0.2, 0.25) is 0 Å². The Labute approximate surface area is 144 Å². The molecule has 1 unspecified atom stereocenters. The second-order valence-corrected chi connectivity index (χ2v) is 6.34. The average molecular weight is 326 g/mol. The van der Waals surface area contributed by atoms with E-state index in [1.165, 1.54) is 5.56 Å². The molecule has 1 atom stereocenters. The first-order valence-corrected chi connectivity index (χ1v) is 8.35. The number of anilines is 1. The van der Waals surface area contributed by atoms with E-state index < -0.39 is 6.10 Å². The van der Waals surface area contributed by atoms with Crippen LogP contribution in [0.25, 0.3) is 0 Å². The topological polar surface area (TPSA) is 52.6 Å². The number of benzene rings is 2. The van der Waals surface area contributed by atoms with E-state index in [9.17, 15) is 9.90 Å². The molecule has 4 nitrogen and oxygen atoms in total. The zero-order valence-electron chi connectivity index (χ0n) is 14.6. The first kappa shape index (κ1) is 18.0. The molecule has 0 saturated heterocycles. The summed E-state index contributed by atoms with van der Waals surface area (Å²) in [4.78, 5) is 14.2. The highest BCUT2D eigenvalue weighted by molar-refractivity contribution is 5.90. The Kier molecular flexibility index (Phi) is 6.38. The van der Waals surface area contributed by atoms with Crippen molar-refractivity contribution in [2.45, 2.75) is 39.3 Å². The van der Waals surface area contributed by atoms with Crippen LogP contribution >= 0.6 is 0 Å². The summed E-state index contributed by atoms with van der Waals surface area (Å²) in [7, 11) is 0. The second-order valence-electron chi connectivity index (χ2n) is 6.34. The van der Waals surface area contributed by atoms with Crippen LogP contribution < -0.4 is 5.32 Å². The van der Waals surface area contributed by atoms with Crippen LogP contribution in [-0.2, 0) is 6.42 Å². The standard InChI is InChI=1S/C20H26N2O2/c1-15(2)22(14-16(3)23)20(24)21-19-12-8-7-11-18(19)13-17-9-5-4-6-10-17/h4-12,15-16,23H,13-14H2,1-3H3,(H,21,24). The Morgan fingerprint density at radius 3 is 2.29 bits per heavy atom. The molecule has 2 aromatic carbocycles. The SMILES string of the molecule is CC(O)CN(C(=O)Nc1ccccc1Cc1ccccc1)C(C)C. The van der Waals surface area contributed by atoms with Crippen molar-refractivity contribution < 1.29 is 9.90 Å². The van der Waals surface area contributed by atoms with Crippen molar-refractivity contribution in [2.75, 3.05) is 11.9 Å². The number of carbonyl (C=O) groups excluding carboxylic acids is 1. The van der Waals surface area contributed by atoms with Gasteiger partial charge in [-0.3, -0.25) is 0 Å². The summed E-state index contributed by atoms with van der Waals surface area (Å²) in [5.74, 6) is 0. The van der Waals surface area contributed by atoms with Crippen LogP contribution in [0.2, 0.25) is 0 Å². The molecular weight excluding hydrogens is 300 g/mol. The number of urea groups is 1. The van der Waals surface area contributed by atoms with E-state index in [2.05, 4.69) is 17.4 Å². The lowest BCUT2D eigenvalue weighted by Gasteiger charge is -2.28. The highest BCUT2D eigenvalue weighted by Gasteiger charge is 2.19. The molecule has 4 heteroatoms. The summed E-state index contributed by atoms with van der Waals surface area (Å²) in [6, 6.07) is 17.8. The van der Waals surface area contributed by atoms with E-state index in [1.807, 2.05) is 56.3 Å². The zero-order chi connectivity index (χ0) is 17.5. The third-order valence-corrected chi connectivity index (χ3v) is 3.84. The van der Waals surface area contributed by atoms with Crippen molar-refractivity contribution in [2.24, 2.45) is 0 Å². The fourth-order valence-electron chi connectivity index (χ4n) is 2.61. The van der Waals surface area contributed by atoms with Crippen LogP contribution in [0.1, 0.15) is 31.9 Å². The van der Waals surface area contributed by atoms with Gasteiger partial charge in [-0.05, 0) is 44.4 Å². The number of nitrogens with one attached hydrogen (secondary N) is 1. The maximum absolute atomic E-state index is 12.6. The smallest absolute Gasteiger partial charge is 0.322 e. The van der Waals surface area contributed by atoms with Gasteiger partial charge in [0.25, 0.3) is 0 Å². The van der Waals surface area contributed by atoms with Gasteiger partial charge in [-0.25, -0.2) is 4.79 Å². The molecule has 128 valence electrons. The molecule has 2 amide bonds. The molecule has 0 saturated carbocycles. The summed E-state index contributed by atoms with van der Waals surface area (Å²) >= 11 is 0. The summed E-state index contributed by atoms with van der Waals surface area (Å²) in [6.45, 7) is 5.88. The zero-order valence-corrected chi connectivity index (χ0v) is 14.6. The third kappa shape index (κ3) is 5.10. The highest BCUT2D eigenvalue weighted by Crippen LogP contribution is 2.20. The predicted molar refractivity (Wildman–Crippen MR) is 98.2 cm³/mol. The highest BCUT2D eigenvalue weighted by atomic mass is 16.3. The molecule has 0 bridgehead atoms. The Bertz CT molecular complexity index is 654. The summed E-state index contributed by atoms with van der Waals surface area (Å²) in [5, 5.41) is 12.6. The van der Waals surface area contributed by atoms with Crippen LogP contribution in [0.15, 0.2) is 54.6 Å². The Hall–Kier alpha value is -2.33. The number of rotatable bonds is 6. The van der Waals surface area contributed by atoms with E-state index in [0.29, 0.717) is 6.54 Å². The minimum atomic E-state index is -0.558. The molecule has 2 N–H and O–H groups in total. The van der Waals surface area contributed by atoms with Crippen molar-refractivity contribution in [3.8, 4) is 0 Å². The second kappa shape index (κ2) is 8.50. The molecule has 0 aliphatic carbocycles. The van der Waals surface area contributed by atoms with Gasteiger partial charge in [0.15, 0.2) is 0 Å². The van der Waals surface area contributed by atoms with Crippen LogP contribution in [0.3, 0.4) is 0 Å². The van der Waals surface area contributed by atoms with Crippen LogP contribution in [0.4, 0.5) is 10.5 Å². The van der Waals surface area contributed by atoms with E-state index in [0.717, 1.165) is 17.7 Å². The minimum absolute atomic E-state index is 0.0147. The van der Waals surface area contributed by atoms with Crippen LogP contribution in [0.5, 0.6) is 0 Å².